The average Bonchev–Trinajstić information content (AvgIpc) is 3.51. The molecule has 2 aromatic rings. The third kappa shape index (κ3) is 5.18. The van der Waals surface area contributed by atoms with Crippen LogP contribution in [0.5, 0.6) is 0 Å². The van der Waals surface area contributed by atoms with Gasteiger partial charge in [0.2, 0.25) is 5.91 Å². The first-order valence-electron chi connectivity index (χ1n) is 11.5. The Morgan fingerprint density at radius 2 is 1.64 bits per heavy atom. The molecular weight excluding hydrogens is 420 g/mol. The van der Waals surface area contributed by atoms with Gasteiger partial charge in [0.25, 0.3) is 0 Å². The zero-order valence-electron chi connectivity index (χ0n) is 18.9. The second kappa shape index (κ2) is 9.65. The predicted octanol–water partition coefficient (Wildman–Crippen LogP) is 3.78. The number of ether oxygens (including phenoxy) is 1. The largest absolute Gasteiger partial charge is 0.481 e. The summed E-state index contributed by atoms with van der Waals surface area (Å²) >= 11 is 0. The Morgan fingerprint density at radius 3 is 2.18 bits per heavy atom. The van der Waals surface area contributed by atoms with Crippen molar-refractivity contribution in [3.8, 4) is 11.1 Å². The minimum atomic E-state index is -0.829. The van der Waals surface area contributed by atoms with E-state index in [1.807, 2.05) is 38.1 Å². The fourth-order valence-electron chi connectivity index (χ4n) is 4.62. The van der Waals surface area contributed by atoms with E-state index in [0.717, 1.165) is 22.3 Å². The Bertz CT molecular complexity index is 1000. The fourth-order valence-corrected chi connectivity index (χ4v) is 4.62. The van der Waals surface area contributed by atoms with Gasteiger partial charge in [-0.15, -0.1) is 0 Å². The van der Waals surface area contributed by atoms with E-state index < -0.39 is 18.1 Å². The van der Waals surface area contributed by atoms with Gasteiger partial charge in [-0.1, -0.05) is 62.4 Å². The van der Waals surface area contributed by atoms with Crippen LogP contribution >= 0.6 is 0 Å². The lowest BCUT2D eigenvalue weighted by molar-refractivity contribution is -0.139. The summed E-state index contributed by atoms with van der Waals surface area (Å²) < 4.78 is 5.58. The van der Waals surface area contributed by atoms with Crippen molar-refractivity contribution in [2.24, 2.45) is 17.8 Å². The first-order chi connectivity index (χ1) is 15.8. The third-order valence-electron chi connectivity index (χ3n) is 6.44. The van der Waals surface area contributed by atoms with Crippen molar-refractivity contribution in [3.05, 3.63) is 59.7 Å². The molecule has 1 fully saturated rings. The van der Waals surface area contributed by atoms with Crippen LogP contribution in [-0.2, 0) is 14.3 Å². The molecule has 174 valence electrons. The van der Waals surface area contributed by atoms with Gasteiger partial charge in [-0.25, -0.2) is 4.79 Å². The molecule has 0 saturated heterocycles. The first kappa shape index (κ1) is 22.8. The predicted molar refractivity (Wildman–Crippen MR) is 124 cm³/mol. The Balaban J connectivity index is 1.35. The van der Waals surface area contributed by atoms with Crippen molar-refractivity contribution >= 4 is 18.0 Å². The highest BCUT2D eigenvalue weighted by atomic mass is 16.5. The second-order valence-corrected chi connectivity index (χ2v) is 9.34. The number of fused-ring (bicyclic) bond motifs is 3. The van der Waals surface area contributed by atoms with Crippen LogP contribution in [0.1, 0.15) is 43.7 Å². The summed E-state index contributed by atoms with van der Waals surface area (Å²) in [5.74, 6) is -1.44. The molecule has 7 nitrogen and oxygen atoms in total. The van der Waals surface area contributed by atoms with Crippen LogP contribution < -0.4 is 10.6 Å². The molecule has 2 aromatic carbocycles. The van der Waals surface area contributed by atoms with Crippen molar-refractivity contribution in [3.63, 3.8) is 0 Å². The summed E-state index contributed by atoms with van der Waals surface area (Å²) in [6.07, 6.45) is 0.403. The van der Waals surface area contributed by atoms with E-state index in [9.17, 15) is 14.4 Å². The Labute approximate surface area is 193 Å². The Hall–Kier alpha value is -3.35. The number of carbonyl (C=O) groups excluding carboxylic acids is 2. The highest BCUT2D eigenvalue weighted by Gasteiger charge is 2.43. The van der Waals surface area contributed by atoms with Gasteiger partial charge in [0.1, 0.15) is 12.6 Å². The quantitative estimate of drug-likeness (QED) is 0.539. The monoisotopic (exact) mass is 450 g/mol. The standard InChI is InChI=1S/C26H30N2O5/c1-15(2)11-23(24(29)27-13-16-12-21(16)25(30)31)28-26(32)33-14-22-19-9-5-3-7-17(19)18-8-4-6-10-20(18)22/h3-10,15-16,21-23H,11-14H2,1-2H3,(H,27,29)(H,28,32)(H,30,31)/t16-,21-,23+/m1/s1. The zero-order valence-corrected chi connectivity index (χ0v) is 18.9. The molecule has 0 aliphatic heterocycles. The molecule has 3 atom stereocenters. The molecule has 0 heterocycles. The number of carbonyl (C=O) groups is 3. The van der Waals surface area contributed by atoms with E-state index in [0.29, 0.717) is 19.4 Å². The molecule has 0 bridgehead atoms. The van der Waals surface area contributed by atoms with Gasteiger partial charge >= 0.3 is 12.1 Å². The number of rotatable bonds is 9. The summed E-state index contributed by atoms with van der Waals surface area (Å²) in [6, 6.07) is 15.5. The van der Waals surface area contributed by atoms with Crippen molar-refractivity contribution in [1.82, 2.24) is 10.6 Å². The van der Waals surface area contributed by atoms with Crippen molar-refractivity contribution in [2.75, 3.05) is 13.2 Å². The average molecular weight is 451 g/mol. The fraction of sp³-hybridized carbons (Fsp3) is 0.423. The summed E-state index contributed by atoms with van der Waals surface area (Å²) in [5, 5.41) is 14.5. The highest BCUT2D eigenvalue weighted by Crippen LogP contribution is 2.44. The molecule has 2 aliphatic carbocycles. The third-order valence-corrected chi connectivity index (χ3v) is 6.44. The molecule has 7 heteroatoms. The van der Waals surface area contributed by atoms with Crippen molar-refractivity contribution in [2.45, 2.75) is 38.6 Å². The lowest BCUT2D eigenvalue weighted by Crippen LogP contribution is -2.48. The molecule has 1 saturated carbocycles. The minimum Gasteiger partial charge on any atom is -0.481 e. The molecule has 2 aliphatic rings. The number of nitrogens with one attached hydrogen (secondary N) is 2. The van der Waals surface area contributed by atoms with Crippen LogP contribution in [-0.4, -0.2) is 42.3 Å². The molecule has 0 unspecified atom stereocenters. The lowest BCUT2D eigenvalue weighted by Gasteiger charge is -2.21. The smallest absolute Gasteiger partial charge is 0.407 e. The number of alkyl carbamates (subject to hydrolysis) is 1. The summed E-state index contributed by atoms with van der Waals surface area (Å²) in [5.41, 5.74) is 4.55. The normalized spacial score (nSPS) is 19.4. The topological polar surface area (TPSA) is 105 Å². The maximum absolute atomic E-state index is 12.7. The van der Waals surface area contributed by atoms with Crippen LogP contribution in [0.2, 0.25) is 0 Å². The number of hydrogen-bond acceptors (Lipinski definition) is 4. The summed E-state index contributed by atoms with van der Waals surface area (Å²) in [6.45, 7) is 4.43. The van der Waals surface area contributed by atoms with Crippen LogP contribution in [0, 0.1) is 17.8 Å². The molecule has 3 N–H and O–H groups in total. The van der Waals surface area contributed by atoms with Crippen LogP contribution in [0.25, 0.3) is 11.1 Å². The molecular formula is C26H30N2O5. The maximum Gasteiger partial charge on any atom is 0.407 e. The number of carboxylic acids is 1. The number of benzene rings is 2. The first-order valence-corrected chi connectivity index (χ1v) is 11.5. The van der Waals surface area contributed by atoms with Crippen LogP contribution in [0.4, 0.5) is 4.79 Å². The van der Waals surface area contributed by atoms with E-state index in [1.54, 1.807) is 0 Å². The molecule has 0 aromatic heterocycles. The van der Waals surface area contributed by atoms with Crippen LogP contribution in [0.3, 0.4) is 0 Å². The van der Waals surface area contributed by atoms with E-state index in [4.69, 9.17) is 9.84 Å². The number of amides is 2. The summed E-state index contributed by atoms with van der Waals surface area (Å²) in [4.78, 5) is 36.3. The molecule has 33 heavy (non-hydrogen) atoms. The zero-order chi connectivity index (χ0) is 23.5. The van der Waals surface area contributed by atoms with Gasteiger partial charge in [-0.2, -0.15) is 0 Å². The number of aliphatic carboxylic acids is 1. The van der Waals surface area contributed by atoms with E-state index in [1.165, 1.54) is 0 Å². The van der Waals surface area contributed by atoms with Gasteiger partial charge in [-0.3, -0.25) is 9.59 Å². The van der Waals surface area contributed by atoms with Crippen molar-refractivity contribution < 1.29 is 24.2 Å². The van der Waals surface area contributed by atoms with Gasteiger partial charge in [0.15, 0.2) is 0 Å². The highest BCUT2D eigenvalue weighted by molar-refractivity contribution is 5.86. The van der Waals surface area contributed by atoms with Gasteiger partial charge in [0.05, 0.1) is 5.92 Å². The second-order valence-electron chi connectivity index (χ2n) is 9.34. The van der Waals surface area contributed by atoms with E-state index in [-0.39, 0.29) is 36.2 Å². The Morgan fingerprint density at radius 1 is 1.03 bits per heavy atom. The van der Waals surface area contributed by atoms with Gasteiger partial charge < -0.3 is 20.5 Å². The molecule has 0 spiro atoms. The SMILES string of the molecule is CC(C)C[C@H](NC(=O)OCC1c2ccccc2-c2ccccc21)C(=O)NC[C@H]1C[C@H]1C(=O)O. The van der Waals surface area contributed by atoms with E-state index in [2.05, 4.69) is 34.9 Å². The summed E-state index contributed by atoms with van der Waals surface area (Å²) in [7, 11) is 0. The van der Waals surface area contributed by atoms with Crippen molar-refractivity contribution in [1.29, 1.82) is 0 Å². The number of hydrogen-bond donors (Lipinski definition) is 3. The Kier molecular flexibility index (Phi) is 6.67. The minimum absolute atomic E-state index is 0.0411. The lowest BCUT2D eigenvalue weighted by atomic mass is 9.98. The molecule has 4 rings (SSSR count). The van der Waals surface area contributed by atoms with E-state index >= 15 is 0 Å². The molecule has 2 amide bonds. The van der Waals surface area contributed by atoms with Crippen LogP contribution in [0.15, 0.2) is 48.5 Å². The number of carboxylic acid groups (broad SMARTS) is 1. The maximum atomic E-state index is 12.7. The van der Waals surface area contributed by atoms with Gasteiger partial charge in [-0.05, 0) is 46.9 Å². The van der Waals surface area contributed by atoms with Gasteiger partial charge in [0, 0.05) is 12.5 Å². The molecule has 0 radical (unpaired) electrons.